The Kier molecular flexibility index (Phi) is 9.25. The summed E-state index contributed by atoms with van der Waals surface area (Å²) in [7, 11) is 4.07. The third-order valence-electron chi connectivity index (χ3n) is 4.26. The van der Waals surface area contributed by atoms with E-state index >= 15 is 0 Å². The van der Waals surface area contributed by atoms with Gasteiger partial charge in [0.05, 0.1) is 0 Å². The minimum Gasteiger partial charge on any atom is -0.332 e. The number of Topliss-reactive ketones (excluding diaryl/α,β-unsaturated/α-hetero) is 1. The molecule has 2 rings (SSSR count). The highest BCUT2D eigenvalue weighted by atomic mass is 35.5. The van der Waals surface area contributed by atoms with Gasteiger partial charge < -0.3 is 10.2 Å². The van der Waals surface area contributed by atoms with E-state index in [4.69, 9.17) is 23.8 Å². The van der Waals surface area contributed by atoms with Crippen molar-refractivity contribution < 1.29 is 9.59 Å². The van der Waals surface area contributed by atoms with Gasteiger partial charge in [0.1, 0.15) is 5.78 Å². The minimum absolute atomic E-state index is 0.203. The maximum Gasteiger partial charge on any atom is 0.257 e. The van der Waals surface area contributed by atoms with Crippen molar-refractivity contribution in [3.8, 4) is 0 Å². The highest BCUT2D eigenvalue weighted by Gasteiger charge is 2.08. The number of nitrogens with zero attached hydrogens (tertiary/aromatic N) is 1. The molecule has 0 radical (unpaired) electrons. The van der Waals surface area contributed by atoms with Gasteiger partial charge in [-0.1, -0.05) is 23.7 Å². The molecular formula is C22H26ClN3O2S. The molecule has 0 heterocycles. The van der Waals surface area contributed by atoms with Gasteiger partial charge in [0, 0.05) is 29.1 Å². The van der Waals surface area contributed by atoms with Gasteiger partial charge in [-0.25, -0.2) is 0 Å². The van der Waals surface area contributed by atoms with Crippen molar-refractivity contribution in [3.05, 3.63) is 64.7 Å². The lowest BCUT2D eigenvalue weighted by atomic mass is 10.0. The van der Waals surface area contributed by atoms with Crippen LogP contribution in [0.4, 0.5) is 5.69 Å². The number of amides is 1. The molecule has 0 fully saturated rings. The molecule has 2 aromatic carbocycles. The summed E-state index contributed by atoms with van der Waals surface area (Å²) in [6, 6.07) is 14.0. The molecule has 0 unspecified atom stereocenters. The van der Waals surface area contributed by atoms with E-state index in [1.165, 1.54) is 0 Å². The van der Waals surface area contributed by atoms with Gasteiger partial charge in [-0.3, -0.25) is 14.9 Å². The fourth-order valence-corrected chi connectivity index (χ4v) is 3.05. The fourth-order valence-electron chi connectivity index (χ4n) is 2.71. The van der Waals surface area contributed by atoms with Crippen molar-refractivity contribution >= 4 is 46.3 Å². The zero-order valence-electron chi connectivity index (χ0n) is 16.7. The standard InChI is InChI=1S/C22H26ClN3O2S/c1-26(2)14-4-3-5-20(27)15-16-6-12-19(13-7-16)24-22(29)25-21(28)17-8-10-18(23)11-9-17/h6-13H,3-5,14-15H2,1-2H3,(H2,24,25,28,29). The fraction of sp³-hybridized carbons (Fsp3) is 0.318. The molecule has 0 atom stereocenters. The number of thiocarbonyl (C=S) groups is 1. The Labute approximate surface area is 182 Å². The summed E-state index contributed by atoms with van der Waals surface area (Å²) in [5.74, 6) is -0.0640. The van der Waals surface area contributed by atoms with Gasteiger partial charge in [0.15, 0.2) is 5.11 Å². The van der Waals surface area contributed by atoms with E-state index in [2.05, 4.69) is 15.5 Å². The molecule has 2 N–H and O–H groups in total. The summed E-state index contributed by atoms with van der Waals surface area (Å²) < 4.78 is 0. The molecule has 0 aliphatic heterocycles. The molecule has 154 valence electrons. The zero-order valence-corrected chi connectivity index (χ0v) is 18.3. The van der Waals surface area contributed by atoms with Gasteiger partial charge in [-0.15, -0.1) is 0 Å². The van der Waals surface area contributed by atoms with Crippen LogP contribution in [0.1, 0.15) is 35.2 Å². The van der Waals surface area contributed by atoms with Gasteiger partial charge in [0.2, 0.25) is 0 Å². The van der Waals surface area contributed by atoms with Crippen molar-refractivity contribution in [1.29, 1.82) is 0 Å². The van der Waals surface area contributed by atoms with Crippen molar-refractivity contribution in [2.75, 3.05) is 26.0 Å². The molecule has 0 aliphatic carbocycles. The molecule has 0 bridgehead atoms. The summed E-state index contributed by atoms with van der Waals surface area (Å²) in [5.41, 5.74) is 2.18. The summed E-state index contributed by atoms with van der Waals surface area (Å²) in [5, 5.41) is 6.37. The Morgan fingerprint density at radius 1 is 1.00 bits per heavy atom. The average molecular weight is 432 g/mol. The Morgan fingerprint density at radius 2 is 1.66 bits per heavy atom. The molecule has 29 heavy (non-hydrogen) atoms. The predicted octanol–water partition coefficient (Wildman–Crippen LogP) is 4.31. The van der Waals surface area contributed by atoms with Crippen molar-refractivity contribution in [3.63, 3.8) is 0 Å². The first kappa shape index (κ1) is 23.0. The first-order valence-corrected chi connectivity index (χ1v) is 10.3. The van der Waals surface area contributed by atoms with Gasteiger partial charge in [0.25, 0.3) is 5.91 Å². The number of anilines is 1. The van der Waals surface area contributed by atoms with Crippen LogP contribution in [0, 0.1) is 0 Å². The molecule has 7 heteroatoms. The maximum atomic E-state index is 12.2. The average Bonchev–Trinajstić information content (AvgIpc) is 2.67. The van der Waals surface area contributed by atoms with Crippen LogP contribution >= 0.6 is 23.8 Å². The van der Waals surface area contributed by atoms with Crippen LogP contribution in [-0.2, 0) is 11.2 Å². The largest absolute Gasteiger partial charge is 0.332 e. The van der Waals surface area contributed by atoms with Crippen LogP contribution < -0.4 is 10.6 Å². The molecule has 0 saturated carbocycles. The summed E-state index contributed by atoms with van der Waals surface area (Å²) >= 11 is 11.0. The molecule has 0 aromatic heterocycles. The normalized spacial score (nSPS) is 10.6. The van der Waals surface area contributed by atoms with E-state index in [0.29, 0.717) is 23.4 Å². The molecular weight excluding hydrogens is 406 g/mol. The third-order valence-corrected chi connectivity index (χ3v) is 4.71. The lowest BCUT2D eigenvalue weighted by Gasteiger charge is -2.10. The number of unbranched alkanes of at least 4 members (excludes halogenated alkanes) is 1. The Bertz CT molecular complexity index is 836. The molecule has 0 saturated heterocycles. The topological polar surface area (TPSA) is 61.4 Å². The van der Waals surface area contributed by atoms with Gasteiger partial charge in [-0.05, 0) is 87.7 Å². The van der Waals surface area contributed by atoms with E-state index in [1.807, 2.05) is 38.4 Å². The van der Waals surface area contributed by atoms with E-state index in [-0.39, 0.29) is 16.8 Å². The van der Waals surface area contributed by atoms with Crippen LogP contribution in [0.25, 0.3) is 0 Å². The molecule has 0 spiro atoms. The second-order valence-corrected chi connectivity index (χ2v) is 7.93. The van der Waals surface area contributed by atoms with Crippen LogP contribution in [0.3, 0.4) is 0 Å². The molecule has 5 nitrogen and oxygen atoms in total. The number of benzene rings is 2. The van der Waals surface area contributed by atoms with E-state index in [0.717, 1.165) is 30.6 Å². The second-order valence-electron chi connectivity index (χ2n) is 7.09. The first-order chi connectivity index (χ1) is 13.8. The zero-order chi connectivity index (χ0) is 21.2. The molecule has 0 aliphatic rings. The van der Waals surface area contributed by atoms with Crippen LogP contribution in [0.2, 0.25) is 5.02 Å². The van der Waals surface area contributed by atoms with Crippen LogP contribution in [-0.4, -0.2) is 42.3 Å². The summed E-state index contributed by atoms with van der Waals surface area (Å²) in [6.45, 7) is 1.00. The Hall–Kier alpha value is -2.28. The number of carbonyl (C=O) groups excluding carboxylic acids is 2. The Balaban J connectivity index is 1.77. The van der Waals surface area contributed by atoms with E-state index < -0.39 is 0 Å². The van der Waals surface area contributed by atoms with Crippen molar-refractivity contribution in [1.82, 2.24) is 10.2 Å². The molecule has 1 amide bonds. The Morgan fingerprint density at radius 3 is 2.28 bits per heavy atom. The quantitative estimate of drug-likeness (QED) is 0.457. The number of carbonyl (C=O) groups is 2. The van der Waals surface area contributed by atoms with Gasteiger partial charge in [-0.2, -0.15) is 0 Å². The monoisotopic (exact) mass is 431 g/mol. The van der Waals surface area contributed by atoms with E-state index in [1.54, 1.807) is 24.3 Å². The van der Waals surface area contributed by atoms with Crippen molar-refractivity contribution in [2.45, 2.75) is 25.7 Å². The number of nitrogens with one attached hydrogen (secondary N) is 2. The first-order valence-electron chi connectivity index (χ1n) is 9.47. The van der Waals surface area contributed by atoms with Crippen LogP contribution in [0.15, 0.2) is 48.5 Å². The maximum absolute atomic E-state index is 12.2. The summed E-state index contributed by atoms with van der Waals surface area (Å²) in [4.78, 5) is 26.4. The number of rotatable bonds is 9. The van der Waals surface area contributed by atoms with Crippen LogP contribution in [0.5, 0.6) is 0 Å². The highest BCUT2D eigenvalue weighted by molar-refractivity contribution is 7.80. The molecule has 2 aromatic rings. The second kappa shape index (κ2) is 11.7. The third kappa shape index (κ3) is 8.73. The van der Waals surface area contributed by atoms with Gasteiger partial charge >= 0.3 is 0 Å². The lowest BCUT2D eigenvalue weighted by Crippen LogP contribution is -2.34. The number of ketones is 1. The van der Waals surface area contributed by atoms with Crippen molar-refractivity contribution in [2.24, 2.45) is 0 Å². The summed E-state index contributed by atoms with van der Waals surface area (Å²) in [6.07, 6.45) is 2.98. The number of halogens is 1. The lowest BCUT2D eigenvalue weighted by molar-refractivity contribution is -0.118. The smallest absolute Gasteiger partial charge is 0.257 e. The number of hydrogen-bond acceptors (Lipinski definition) is 4. The number of hydrogen-bond donors (Lipinski definition) is 2. The predicted molar refractivity (Wildman–Crippen MR) is 123 cm³/mol. The SMILES string of the molecule is CN(C)CCCCC(=O)Cc1ccc(NC(=S)NC(=O)c2ccc(Cl)cc2)cc1. The highest BCUT2D eigenvalue weighted by Crippen LogP contribution is 2.12. The van der Waals surface area contributed by atoms with E-state index in [9.17, 15) is 9.59 Å². The minimum atomic E-state index is -0.310.